The maximum atomic E-state index is 12.8. The van der Waals surface area contributed by atoms with Crippen LogP contribution < -0.4 is 0 Å². The molecule has 132 valence electrons. The van der Waals surface area contributed by atoms with Crippen LogP contribution in [0.25, 0.3) is 0 Å². The van der Waals surface area contributed by atoms with Crippen molar-refractivity contribution >= 4 is 31.8 Å². The maximum absolute atomic E-state index is 12.8. The summed E-state index contributed by atoms with van der Waals surface area (Å²) in [6.07, 6.45) is 0. The number of benzene rings is 2. The van der Waals surface area contributed by atoms with Crippen LogP contribution in [-0.2, 0) is 14.8 Å². The number of hydrogen-bond donors (Lipinski definition) is 0. The Balaban J connectivity index is 2.04. The van der Waals surface area contributed by atoms with Crippen LogP contribution in [0.4, 0.5) is 0 Å². The first-order chi connectivity index (χ1) is 12.0. The summed E-state index contributed by atoms with van der Waals surface area (Å²) in [6, 6.07) is 14.2. The van der Waals surface area contributed by atoms with Crippen LogP contribution in [-0.4, -0.2) is 45.5 Å². The third kappa shape index (κ3) is 4.48. The molecule has 0 aliphatic carbocycles. The van der Waals surface area contributed by atoms with E-state index in [9.17, 15) is 8.42 Å². The summed E-state index contributed by atoms with van der Waals surface area (Å²) in [6.45, 7) is 4.25. The van der Waals surface area contributed by atoms with Crippen LogP contribution >= 0.6 is 15.9 Å². The molecule has 7 heteroatoms. The molecular weight excluding hydrogens is 404 g/mol. The Bertz CT molecular complexity index is 856. The Morgan fingerprint density at radius 2 is 1.64 bits per heavy atom. The molecule has 1 heterocycles. The molecule has 5 nitrogen and oxygen atoms in total. The zero-order valence-electron chi connectivity index (χ0n) is 13.9. The fourth-order valence-electron chi connectivity index (χ4n) is 2.54. The number of morpholine rings is 1. The Morgan fingerprint density at radius 1 is 1.04 bits per heavy atom. The summed E-state index contributed by atoms with van der Waals surface area (Å²) in [5, 5.41) is 0. The molecule has 0 spiro atoms. The van der Waals surface area contributed by atoms with E-state index >= 15 is 0 Å². The Morgan fingerprint density at radius 3 is 2.24 bits per heavy atom. The van der Waals surface area contributed by atoms with Crippen LogP contribution in [0.2, 0.25) is 0 Å². The molecule has 1 aliphatic heterocycles. The molecule has 1 saturated heterocycles. The highest BCUT2D eigenvalue weighted by Gasteiger charge is 2.21. The van der Waals surface area contributed by atoms with Gasteiger partial charge in [-0.2, -0.15) is 8.42 Å². The van der Waals surface area contributed by atoms with Gasteiger partial charge in [-0.15, -0.1) is 4.40 Å². The van der Waals surface area contributed by atoms with Crippen molar-refractivity contribution in [3.63, 3.8) is 0 Å². The van der Waals surface area contributed by atoms with E-state index in [4.69, 9.17) is 4.74 Å². The lowest BCUT2D eigenvalue weighted by molar-refractivity contribution is 0.0683. The fourth-order valence-corrected chi connectivity index (χ4v) is 3.84. The average Bonchev–Trinajstić information content (AvgIpc) is 2.62. The van der Waals surface area contributed by atoms with Crippen molar-refractivity contribution < 1.29 is 13.2 Å². The summed E-state index contributed by atoms with van der Waals surface area (Å²) in [7, 11) is -3.79. The number of amidine groups is 1. The van der Waals surface area contributed by atoms with E-state index in [-0.39, 0.29) is 4.90 Å². The van der Waals surface area contributed by atoms with E-state index in [0.717, 1.165) is 15.6 Å². The molecule has 1 fully saturated rings. The summed E-state index contributed by atoms with van der Waals surface area (Å²) >= 11 is 3.40. The molecule has 0 atom stereocenters. The number of nitrogens with zero attached hydrogens (tertiary/aromatic N) is 2. The second-order valence-corrected chi connectivity index (χ2v) is 8.33. The predicted molar refractivity (Wildman–Crippen MR) is 101 cm³/mol. The van der Waals surface area contributed by atoms with Crippen molar-refractivity contribution in [1.82, 2.24) is 4.90 Å². The van der Waals surface area contributed by atoms with E-state index in [2.05, 4.69) is 20.3 Å². The van der Waals surface area contributed by atoms with Gasteiger partial charge in [-0.1, -0.05) is 45.8 Å². The van der Waals surface area contributed by atoms with Gasteiger partial charge >= 0.3 is 0 Å². The zero-order chi connectivity index (χ0) is 17.9. The molecule has 0 unspecified atom stereocenters. The first-order valence-electron chi connectivity index (χ1n) is 7.96. The number of hydrogen-bond acceptors (Lipinski definition) is 3. The van der Waals surface area contributed by atoms with Gasteiger partial charge < -0.3 is 9.64 Å². The lowest BCUT2D eigenvalue weighted by Crippen LogP contribution is -2.41. The molecule has 2 aromatic carbocycles. The summed E-state index contributed by atoms with van der Waals surface area (Å²) in [4.78, 5) is 2.15. The van der Waals surface area contributed by atoms with Crippen LogP contribution in [0.5, 0.6) is 0 Å². The quantitative estimate of drug-likeness (QED) is 0.562. The summed E-state index contributed by atoms with van der Waals surface area (Å²) < 4.78 is 36.0. The smallest absolute Gasteiger partial charge is 0.284 e. The second kappa shape index (κ2) is 7.68. The molecular formula is C18H19BrN2O3S. The first kappa shape index (κ1) is 18.1. The van der Waals surface area contributed by atoms with E-state index in [1.54, 1.807) is 24.3 Å². The van der Waals surface area contributed by atoms with Gasteiger partial charge in [0, 0.05) is 23.1 Å². The maximum Gasteiger partial charge on any atom is 0.284 e. The standard InChI is InChI=1S/C18H19BrN2O3S/c1-14-2-8-17(9-3-14)25(22,23)20-18(21-10-12-24-13-11-21)15-4-6-16(19)7-5-15/h2-9H,10-13H2,1H3/b20-18-. The second-order valence-electron chi connectivity index (χ2n) is 5.81. The molecule has 0 amide bonds. The van der Waals surface area contributed by atoms with Gasteiger partial charge in [-0.3, -0.25) is 0 Å². The van der Waals surface area contributed by atoms with E-state index in [0.29, 0.717) is 32.1 Å². The molecule has 25 heavy (non-hydrogen) atoms. The highest BCUT2D eigenvalue weighted by atomic mass is 79.9. The molecule has 0 N–H and O–H groups in total. The number of rotatable bonds is 3. The van der Waals surface area contributed by atoms with Crippen LogP contribution in [0, 0.1) is 6.92 Å². The summed E-state index contributed by atoms with van der Waals surface area (Å²) in [5.74, 6) is 0.455. The molecule has 3 rings (SSSR count). The topological polar surface area (TPSA) is 59.0 Å². The minimum Gasteiger partial charge on any atom is -0.378 e. The van der Waals surface area contributed by atoms with E-state index in [1.807, 2.05) is 36.1 Å². The minimum absolute atomic E-state index is 0.195. The van der Waals surface area contributed by atoms with Gasteiger partial charge in [0.15, 0.2) is 0 Å². The van der Waals surface area contributed by atoms with Gasteiger partial charge in [-0.05, 0) is 31.2 Å². The molecule has 0 bridgehead atoms. The number of halogens is 1. The normalized spacial score (nSPS) is 16.1. The van der Waals surface area contributed by atoms with Gasteiger partial charge in [0.1, 0.15) is 5.84 Å². The highest BCUT2D eigenvalue weighted by Crippen LogP contribution is 2.18. The lowest BCUT2D eigenvalue weighted by atomic mass is 10.2. The third-order valence-corrected chi connectivity index (χ3v) is 5.75. The molecule has 2 aromatic rings. The largest absolute Gasteiger partial charge is 0.378 e. The highest BCUT2D eigenvalue weighted by molar-refractivity contribution is 9.10. The molecule has 0 saturated carbocycles. The van der Waals surface area contributed by atoms with Crippen molar-refractivity contribution in [3.05, 3.63) is 64.1 Å². The lowest BCUT2D eigenvalue weighted by Gasteiger charge is -2.29. The van der Waals surface area contributed by atoms with Crippen molar-refractivity contribution in [1.29, 1.82) is 0 Å². The van der Waals surface area contributed by atoms with E-state index in [1.165, 1.54) is 0 Å². The van der Waals surface area contributed by atoms with Crippen LogP contribution in [0.3, 0.4) is 0 Å². The van der Waals surface area contributed by atoms with Crippen molar-refractivity contribution in [2.75, 3.05) is 26.3 Å². The predicted octanol–water partition coefficient (Wildman–Crippen LogP) is 3.23. The van der Waals surface area contributed by atoms with Gasteiger partial charge in [0.25, 0.3) is 10.0 Å². The number of sulfonamides is 1. The Labute approximate surface area is 156 Å². The Kier molecular flexibility index (Phi) is 5.56. The zero-order valence-corrected chi connectivity index (χ0v) is 16.3. The Hall–Kier alpha value is -1.70. The van der Waals surface area contributed by atoms with Crippen LogP contribution in [0.15, 0.2) is 62.3 Å². The van der Waals surface area contributed by atoms with Gasteiger partial charge in [0.2, 0.25) is 0 Å². The first-order valence-corrected chi connectivity index (χ1v) is 10.2. The molecule has 0 aromatic heterocycles. The fraction of sp³-hybridized carbons (Fsp3) is 0.278. The van der Waals surface area contributed by atoms with Gasteiger partial charge in [0.05, 0.1) is 18.1 Å². The number of ether oxygens (including phenoxy) is 1. The van der Waals surface area contributed by atoms with Crippen molar-refractivity contribution in [2.45, 2.75) is 11.8 Å². The summed E-state index contributed by atoms with van der Waals surface area (Å²) in [5.41, 5.74) is 1.77. The van der Waals surface area contributed by atoms with Crippen LogP contribution in [0.1, 0.15) is 11.1 Å². The van der Waals surface area contributed by atoms with Crippen molar-refractivity contribution in [2.24, 2.45) is 4.40 Å². The van der Waals surface area contributed by atoms with Gasteiger partial charge in [-0.25, -0.2) is 0 Å². The SMILES string of the molecule is Cc1ccc(S(=O)(=O)/N=C(/c2ccc(Br)cc2)N2CCOCC2)cc1. The molecule has 0 radical (unpaired) electrons. The average molecular weight is 423 g/mol. The monoisotopic (exact) mass is 422 g/mol. The minimum atomic E-state index is -3.79. The third-order valence-electron chi connectivity index (χ3n) is 3.94. The van der Waals surface area contributed by atoms with Crippen molar-refractivity contribution in [3.8, 4) is 0 Å². The van der Waals surface area contributed by atoms with E-state index < -0.39 is 10.0 Å². The number of aryl methyl sites for hydroxylation is 1. The molecule has 1 aliphatic rings.